The summed E-state index contributed by atoms with van der Waals surface area (Å²) in [7, 11) is 0. The molecule has 0 saturated carbocycles. The second-order valence-corrected chi connectivity index (χ2v) is 8.09. The molecule has 1 amide bonds. The fourth-order valence-corrected chi connectivity index (χ4v) is 4.07. The van der Waals surface area contributed by atoms with Crippen LogP contribution in [0, 0.1) is 5.82 Å². The summed E-state index contributed by atoms with van der Waals surface area (Å²) >= 11 is 0. The van der Waals surface area contributed by atoms with Crippen molar-refractivity contribution >= 4 is 5.91 Å². The van der Waals surface area contributed by atoms with E-state index in [1.54, 1.807) is 36.8 Å². The zero-order valence-electron chi connectivity index (χ0n) is 17.9. The van der Waals surface area contributed by atoms with Gasteiger partial charge in [-0.2, -0.15) is 0 Å². The van der Waals surface area contributed by atoms with Crippen LogP contribution in [0.5, 0.6) is 0 Å². The van der Waals surface area contributed by atoms with Crippen molar-refractivity contribution in [1.29, 1.82) is 0 Å². The van der Waals surface area contributed by atoms with Crippen LogP contribution in [0.25, 0.3) is 11.3 Å². The molecule has 0 N–H and O–H groups in total. The normalized spacial score (nSPS) is 16.0. The van der Waals surface area contributed by atoms with E-state index in [9.17, 15) is 9.18 Å². The average Bonchev–Trinajstić information content (AvgIpc) is 3.34. The second-order valence-electron chi connectivity index (χ2n) is 8.09. The molecule has 1 aromatic carbocycles. The van der Waals surface area contributed by atoms with E-state index < -0.39 is 0 Å². The highest BCUT2D eigenvalue weighted by Gasteiger charge is 2.29. The zero-order valence-corrected chi connectivity index (χ0v) is 17.9. The summed E-state index contributed by atoms with van der Waals surface area (Å²) in [6, 6.07) is 11.7. The van der Waals surface area contributed by atoms with Crippen molar-refractivity contribution in [3.8, 4) is 11.3 Å². The Bertz CT molecular complexity index is 1240. The molecule has 1 atom stereocenters. The summed E-state index contributed by atoms with van der Waals surface area (Å²) in [4.78, 5) is 32.0. The third-order valence-electron chi connectivity index (χ3n) is 5.75. The first-order valence-corrected chi connectivity index (χ1v) is 10.9. The van der Waals surface area contributed by atoms with Crippen LogP contribution < -0.4 is 0 Å². The number of hydrogen-bond donors (Lipinski definition) is 0. The van der Waals surface area contributed by atoms with Crippen LogP contribution in [-0.2, 0) is 6.42 Å². The maximum atomic E-state index is 13.2. The molecule has 1 aliphatic heterocycles. The van der Waals surface area contributed by atoms with E-state index in [0.29, 0.717) is 36.8 Å². The van der Waals surface area contributed by atoms with Gasteiger partial charge in [0.15, 0.2) is 5.89 Å². The third-order valence-corrected chi connectivity index (χ3v) is 5.75. The lowest BCUT2D eigenvalue weighted by Gasteiger charge is -2.31. The van der Waals surface area contributed by atoms with Gasteiger partial charge < -0.3 is 9.32 Å². The molecule has 1 saturated heterocycles. The molecule has 0 bridgehead atoms. The van der Waals surface area contributed by atoms with E-state index in [1.165, 1.54) is 18.5 Å². The third kappa shape index (κ3) is 4.79. The Morgan fingerprint density at radius 2 is 1.91 bits per heavy atom. The highest BCUT2D eigenvalue weighted by molar-refractivity contribution is 5.93. The molecule has 0 unspecified atom stereocenters. The van der Waals surface area contributed by atoms with Crippen LogP contribution >= 0.6 is 0 Å². The minimum atomic E-state index is -0.263. The molecule has 0 radical (unpaired) electrons. The standard InChI is InChI=1S/C25H22FN5O2/c26-20-8-6-17(7-9-20)11-21-14-29-24(33-21)18-3-2-10-31(15-18)25(32)23-5-1-4-22(30-23)19-12-27-16-28-13-19/h1,4-9,12-14,16,18H,2-3,10-11,15H2/t18-/m0/s1. The van der Waals surface area contributed by atoms with Crippen LogP contribution in [-0.4, -0.2) is 43.8 Å². The number of oxazole rings is 1. The highest BCUT2D eigenvalue weighted by Crippen LogP contribution is 2.28. The van der Waals surface area contributed by atoms with Crippen LogP contribution in [0.4, 0.5) is 4.39 Å². The summed E-state index contributed by atoms with van der Waals surface area (Å²) in [5, 5.41) is 0. The lowest BCUT2D eigenvalue weighted by molar-refractivity contribution is 0.0692. The number of aromatic nitrogens is 4. The van der Waals surface area contributed by atoms with Crippen molar-refractivity contribution in [3.63, 3.8) is 0 Å². The van der Waals surface area contributed by atoms with Gasteiger partial charge in [-0.3, -0.25) is 4.79 Å². The molecule has 1 fully saturated rings. The molecule has 7 nitrogen and oxygen atoms in total. The largest absolute Gasteiger partial charge is 0.445 e. The lowest BCUT2D eigenvalue weighted by Crippen LogP contribution is -2.39. The second kappa shape index (κ2) is 9.28. The first-order valence-electron chi connectivity index (χ1n) is 10.9. The Kier molecular flexibility index (Phi) is 5.89. The Labute approximate surface area is 190 Å². The fraction of sp³-hybridized carbons (Fsp3) is 0.240. The number of likely N-dealkylation sites (tertiary alicyclic amines) is 1. The van der Waals surface area contributed by atoms with Crippen molar-refractivity contribution in [3.05, 3.63) is 96.1 Å². The Morgan fingerprint density at radius 1 is 1.09 bits per heavy atom. The van der Waals surface area contributed by atoms with Crippen LogP contribution in [0.3, 0.4) is 0 Å². The molecule has 0 spiro atoms. The molecule has 1 aliphatic rings. The number of carbonyl (C=O) groups is 1. The van der Waals surface area contributed by atoms with Crippen molar-refractivity contribution in [2.75, 3.05) is 13.1 Å². The molecule has 4 aromatic rings. The van der Waals surface area contributed by atoms with Gasteiger partial charge in [0.1, 0.15) is 23.6 Å². The van der Waals surface area contributed by atoms with Crippen LogP contribution in [0.2, 0.25) is 0 Å². The topological polar surface area (TPSA) is 85.0 Å². The summed E-state index contributed by atoms with van der Waals surface area (Å²) in [5.74, 6) is 1.00. The fourth-order valence-electron chi connectivity index (χ4n) is 4.07. The minimum absolute atomic E-state index is 0.0235. The molecule has 3 aromatic heterocycles. The number of hydrogen-bond acceptors (Lipinski definition) is 6. The Morgan fingerprint density at radius 3 is 2.73 bits per heavy atom. The van der Waals surface area contributed by atoms with Crippen molar-refractivity contribution < 1.29 is 13.6 Å². The number of piperidine rings is 1. The SMILES string of the molecule is O=C(c1cccc(-c2cncnc2)n1)N1CCC[C@H](c2ncc(Cc3ccc(F)cc3)o2)C1. The first-order chi connectivity index (χ1) is 16.2. The number of halogens is 1. The van der Waals surface area contributed by atoms with Gasteiger partial charge in [-0.15, -0.1) is 0 Å². The van der Waals surface area contributed by atoms with Crippen molar-refractivity contribution in [2.24, 2.45) is 0 Å². The number of benzene rings is 1. The van der Waals surface area contributed by atoms with Gasteiger partial charge in [0.25, 0.3) is 5.91 Å². The maximum absolute atomic E-state index is 13.2. The number of nitrogens with zero attached hydrogens (tertiary/aromatic N) is 5. The quantitative estimate of drug-likeness (QED) is 0.458. The molecule has 4 heterocycles. The van der Waals surface area contributed by atoms with E-state index in [0.717, 1.165) is 29.7 Å². The summed E-state index contributed by atoms with van der Waals surface area (Å²) in [6.45, 7) is 1.19. The molecule has 5 rings (SSSR count). The smallest absolute Gasteiger partial charge is 0.272 e. The number of pyridine rings is 1. The summed E-state index contributed by atoms with van der Waals surface area (Å²) in [5.41, 5.74) is 2.76. The predicted octanol–water partition coefficient (Wildman–Crippen LogP) is 4.28. The highest BCUT2D eigenvalue weighted by atomic mass is 19.1. The van der Waals surface area contributed by atoms with E-state index in [-0.39, 0.29) is 17.6 Å². The van der Waals surface area contributed by atoms with E-state index in [2.05, 4.69) is 19.9 Å². The van der Waals surface area contributed by atoms with E-state index in [1.807, 2.05) is 17.0 Å². The lowest BCUT2D eigenvalue weighted by atomic mass is 9.97. The Balaban J connectivity index is 1.28. The molecular weight excluding hydrogens is 421 g/mol. The van der Waals surface area contributed by atoms with Gasteiger partial charge in [-0.05, 0) is 42.7 Å². The van der Waals surface area contributed by atoms with Gasteiger partial charge in [-0.1, -0.05) is 18.2 Å². The van der Waals surface area contributed by atoms with Gasteiger partial charge in [-0.25, -0.2) is 24.3 Å². The van der Waals surface area contributed by atoms with Gasteiger partial charge in [0.2, 0.25) is 0 Å². The predicted molar refractivity (Wildman–Crippen MR) is 119 cm³/mol. The summed E-state index contributed by atoms with van der Waals surface area (Å²) < 4.78 is 19.1. The molecule has 166 valence electrons. The zero-order chi connectivity index (χ0) is 22.6. The van der Waals surface area contributed by atoms with E-state index >= 15 is 0 Å². The van der Waals surface area contributed by atoms with Gasteiger partial charge in [0, 0.05) is 37.5 Å². The Hall–Kier alpha value is -3.94. The van der Waals surface area contributed by atoms with Crippen molar-refractivity contribution in [2.45, 2.75) is 25.2 Å². The molecule has 0 aliphatic carbocycles. The average molecular weight is 443 g/mol. The number of carbonyl (C=O) groups excluding carboxylic acids is 1. The van der Waals surface area contributed by atoms with Gasteiger partial charge in [0.05, 0.1) is 17.8 Å². The summed E-state index contributed by atoms with van der Waals surface area (Å²) in [6.07, 6.45) is 8.82. The van der Waals surface area contributed by atoms with Crippen molar-refractivity contribution in [1.82, 2.24) is 24.8 Å². The van der Waals surface area contributed by atoms with Crippen LogP contribution in [0.1, 0.15) is 46.5 Å². The maximum Gasteiger partial charge on any atom is 0.272 e. The molecular formula is C25H22FN5O2. The molecule has 8 heteroatoms. The monoisotopic (exact) mass is 443 g/mol. The number of rotatable bonds is 5. The minimum Gasteiger partial charge on any atom is -0.445 e. The van der Waals surface area contributed by atoms with Gasteiger partial charge >= 0.3 is 0 Å². The van der Waals surface area contributed by atoms with Crippen LogP contribution in [0.15, 0.2) is 71.8 Å². The first kappa shape index (κ1) is 20.9. The van der Waals surface area contributed by atoms with E-state index in [4.69, 9.17) is 4.42 Å². The molecule has 33 heavy (non-hydrogen) atoms. The number of amides is 1.